The van der Waals surface area contributed by atoms with E-state index in [1.807, 2.05) is 6.92 Å². The van der Waals surface area contributed by atoms with Crippen LogP contribution < -0.4 is 10.6 Å². The van der Waals surface area contributed by atoms with Crippen LogP contribution in [0.3, 0.4) is 0 Å². The molecule has 1 unspecified atom stereocenters. The quantitative estimate of drug-likeness (QED) is 0.846. The second kappa shape index (κ2) is 6.93. The van der Waals surface area contributed by atoms with Gasteiger partial charge in [-0.15, -0.1) is 0 Å². The predicted octanol–water partition coefficient (Wildman–Crippen LogP) is 2.91. The summed E-state index contributed by atoms with van der Waals surface area (Å²) in [6.07, 6.45) is -1.85. The van der Waals surface area contributed by atoms with Gasteiger partial charge in [0, 0.05) is 25.8 Å². The first-order valence-corrected chi connectivity index (χ1v) is 7.04. The molecule has 2 N–H and O–H groups in total. The van der Waals surface area contributed by atoms with E-state index in [0.29, 0.717) is 19.7 Å². The summed E-state index contributed by atoms with van der Waals surface area (Å²) >= 11 is 0. The Kier molecular flexibility index (Phi) is 5.22. The summed E-state index contributed by atoms with van der Waals surface area (Å²) in [5, 5.41) is 5.75. The maximum absolute atomic E-state index is 12.8. The van der Waals surface area contributed by atoms with Crippen LogP contribution in [0.5, 0.6) is 0 Å². The van der Waals surface area contributed by atoms with E-state index in [1.165, 1.54) is 6.07 Å². The summed E-state index contributed by atoms with van der Waals surface area (Å²) in [7, 11) is 0. The van der Waals surface area contributed by atoms with Crippen LogP contribution in [0.4, 0.5) is 24.8 Å². The van der Waals surface area contributed by atoms with Crippen LogP contribution in [0, 0.1) is 0 Å². The third-order valence-electron chi connectivity index (χ3n) is 3.07. The molecule has 1 atom stereocenters. The Bertz CT molecular complexity index is 461. The maximum atomic E-state index is 12.8. The average Bonchev–Trinajstić information content (AvgIpc) is 2.95. The minimum atomic E-state index is -4.57. The van der Waals surface area contributed by atoms with Gasteiger partial charge < -0.3 is 15.4 Å². The molecule has 0 bridgehead atoms. The predicted molar refractivity (Wildman–Crippen MR) is 73.3 cm³/mol. The van der Waals surface area contributed by atoms with Gasteiger partial charge in [0.05, 0.1) is 6.10 Å². The van der Waals surface area contributed by atoms with Crippen LogP contribution in [0.15, 0.2) is 6.07 Å². The van der Waals surface area contributed by atoms with E-state index in [-0.39, 0.29) is 17.7 Å². The van der Waals surface area contributed by atoms with Gasteiger partial charge in [0.15, 0.2) is 0 Å². The molecule has 2 rings (SSSR count). The zero-order chi connectivity index (χ0) is 15.3. The number of hydrogen-bond donors (Lipinski definition) is 2. The van der Waals surface area contributed by atoms with Crippen molar-refractivity contribution >= 4 is 11.6 Å². The molecule has 1 aliphatic rings. The van der Waals surface area contributed by atoms with Gasteiger partial charge in [0.1, 0.15) is 11.6 Å². The normalized spacial score (nSPS) is 18.8. The first kappa shape index (κ1) is 15.8. The van der Waals surface area contributed by atoms with Crippen molar-refractivity contribution in [2.24, 2.45) is 0 Å². The number of alkyl halides is 3. The highest BCUT2D eigenvalue weighted by atomic mass is 19.4. The lowest BCUT2D eigenvalue weighted by molar-refractivity contribution is -0.144. The molecule has 2 heterocycles. The van der Waals surface area contributed by atoms with Crippen LogP contribution in [0.25, 0.3) is 0 Å². The van der Waals surface area contributed by atoms with Crippen molar-refractivity contribution in [3.63, 3.8) is 0 Å². The van der Waals surface area contributed by atoms with Crippen LogP contribution in [0.2, 0.25) is 0 Å². The van der Waals surface area contributed by atoms with Crippen molar-refractivity contribution in [1.82, 2.24) is 9.97 Å². The summed E-state index contributed by atoms with van der Waals surface area (Å²) in [6, 6.07) is 1.49. The van der Waals surface area contributed by atoms with Crippen molar-refractivity contribution in [2.45, 2.75) is 38.5 Å². The average molecular weight is 304 g/mol. The van der Waals surface area contributed by atoms with Crippen LogP contribution >= 0.6 is 0 Å². The zero-order valence-corrected chi connectivity index (χ0v) is 11.8. The molecule has 5 nitrogen and oxygen atoms in total. The van der Waals surface area contributed by atoms with Crippen molar-refractivity contribution in [1.29, 1.82) is 0 Å². The summed E-state index contributed by atoms with van der Waals surface area (Å²) in [4.78, 5) is 7.03. The highest BCUT2D eigenvalue weighted by molar-refractivity contribution is 5.48. The summed E-state index contributed by atoms with van der Waals surface area (Å²) in [5.41, 5.74) is 0. The fourth-order valence-corrected chi connectivity index (χ4v) is 2.03. The van der Waals surface area contributed by atoms with Crippen LogP contribution in [-0.2, 0) is 10.9 Å². The lowest BCUT2D eigenvalue weighted by Gasteiger charge is -2.14. The van der Waals surface area contributed by atoms with Crippen molar-refractivity contribution in [2.75, 3.05) is 30.3 Å². The number of ether oxygens (including phenoxy) is 1. The summed E-state index contributed by atoms with van der Waals surface area (Å²) in [5.74, 6) is -0.807. The van der Waals surface area contributed by atoms with E-state index in [0.717, 1.165) is 19.3 Å². The van der Waals surface area contributed by atoms with Gasteiger partial charge in [-0.1, -0.05) is 6.92 Å². The number of rotatable bonds is 6. The third kappa shape index (κ3) is 4.73. The monoisotopic (exact) mass is 304 g/mol. The molecule has 1 saturated heterocycles. The largest absolute Gasteiger partial charge is 0.451 e. The fraction of sp³-hybridized carbons (Fsp3) is 0.692. The SMILES string of the molecule is CCCNc1cc(NCC2CCCO2)nc(C(F)(F)F)n1. The molecule has 118 valence electrons. The van der Waals surface area contributed by atoms with E-state index in [9.17, 15) is 13.2 Å². The Labute approximate surface area is 121 Å². The molecule has 0 aromatic carbocycles. The highest BCUT2D eigenvalue weighted by Crippen LogP contribution is 2.28. The highest BCUT2D eigenvalue weighted by Gasteiger charge is 2.35. The molecule has 0 saturated carbocycles. The minimum absolute atomic E-state index is 0.0290. The van der Waals surface area contributed by atoms with E-state index in [4.69, 9.17) is 4.74 Å². The van der Waals surface area contributed by atoms with Gasteiger partial charge in [0.25, 0.3) is 0 Å². The molecule has 1 fully saturated rings. The molecule has 1 aliphatic heterocycles. The van der Waals surface area contributed by atoms with Gasteiger partial charge in [-0.05, 0) is 19.3 Å². The van der Waals surface area contributed by atoms with Gasteiger partial charge in [-0.3, -0.25) is 0 Å². The van der Waals surface area contributed by atoms with Gasteiger partial charge >= 0.3 is 6.18 Å². The van der Waals surface area contributed by atoms with Gasteiger partial charge in [-0.2, -0.15) is 13.2 Å². The minimum Gasteiger partial charge on any atom is -0.376 e. The third-order valence-corrected chi connectivity index (χ3v) is 3.07. The Morgan fingerprint density at radius 3 is 2.57 bits per heavy atom. The second-order valence-corrected chi connectivity index (χ2v) is 4.90. The van der Waals surface area contributed by atoms with E-state index < -0.39 is 12.0 Å². The Balaban J connectivity index is 2.09. The Morgan fingerprint density at radius 2 is 2.00 bits per heavy atom. The number of nitrogens with one attached hydrogen (secondary N) is 2. The lowest BCUT2D eigenvalue weighted by Crippen LogP contribution is -2.21. The molecule has 0 radical (unpaired) electrons. The molecule has 8 heteroatoms. The van der Waals surface area contributed by atoms with Gasteiger partial charge in [0.2, 0.25) is 5.82 Å². The first-order valence-electron chi connectivity index (χ1n) is 7.04. The fourth-order valence-electron chi connectivity index (χ4n) is 2.03. The summed E-state index contributed by atoms with van der Waals surface area (Å²) < 4.78 is 43.8. The summed E-state index contributed by atoms with van der Waals surface area (Å²) in [6.45, 7) is 3.63. The number of aromatic nitrogens is 2. The molecule has 1 aromatic rings. The number of halogens is 3. The molecule has 1 aromatic heterocycles. The van der Waals surface area contributed by atoms with Crippen molar-refractivity contribution in [3.8, 4) is 0 Å². The molecular weight excluding hydrogens is 285 g/mol. The van der Waals surface area contributed by atoms with Gasteiger partial charge in [-0.25, -0.2) is 9.97 Å². The smallest absolute Gasteiger partial charge is 0.376 e. The number of nitrogens with zero attached hydrogens (tertiary/aromatic N) is 2. The second-order valence-electron chi connectivity index (χ2n) is 4.90. The molecule has 21 heavy (non-hydrogen) atoms. The van der Waals surface area contributed by atoms with E-state index in [2.05, 4.69) is 20.6 Å². The Morgan fingerprint density at radius 1 is 1.29 bits per heavy atom. The molecule has 0 aliphatic carbocycles. The van der Waals surface area contributed by atoms with Crippen molar-refractivity contribution in [3.05, 3.63) is 11.9 Å². The number of hydrogen-bond acceptors (Lipinski definition) is 5. The van der Waals surface area contributed by atoms with E-state index in [1.54, 1.807) is 0 Å². The van der Waals surface area contributed by atoms with Crippen LogP contribution in [0.1, 0.15) is 32.0 Å². The van der Waals surface area contributed by atoms with Crippen LogP contribution in [-0.4, -0.2) is 35.8 Å². The topological polar surface area (TPSA) is 59.1 Å². The lowest BCUT2D eigenvalue weighted by atomic mass is 10.2. The Hall–Kier alpha value is -1.57. The molecule has 0 amide bonds. The molecule has 0 spiro atoms. The standard InChI is InChI=1S/C13H19F3N4O/c1-2-5-17-10-7-11(18-8-9-4-3-6-21-9)20-12(19-10)13(14,15)16/h7,9H,2-6,8H2,1H3,(H2,17,18,19,20). The maximum Gasteiger partial charge on any atom is 0.451 e. The van der Waals surface area contributed by atoms with Crippen molar-refractivity contribution < 1.29 is 17.9 Å². The number of anilines is 2. The first-order chi connectivity index (χ1) is 9.99. The van der Waals surface area contributed by atoms with E-state index >= 15 is 0 Å². The molecular formula is C13H19F3N4O. The zero-order valence-electron chi connectivity index (χ0n) is 11.8.